The van der Waals surface area contributed by atoms with E-state index in [0.717, 1.165) is 18.6 Å². The molecule has 0 aliphatic carbocycles. The summed E-state index contributed by atoms with van der Waals surface area (Å²) in [5.74, 6) is 0.884. The third-order valence-corrected chi connectivity index (χ3v) is 4.00. The van der Waals surface area contributed by atoms with Crippen LogP contribution in [0.15, 0.2) is 42.5 Å². The van der Waals surface area contributed by atoms with Crippen LogP contribution < -0.4 is 20.1 Å². The van der Waals surface area contributed by atoms with Crippen LogP contribution in [0.3, 0.4) is 0 Å². The van der Waals surface area contributed by atoms with Crippen LogP contribution in [0.25, 0.3) is 0 Å². The molecule has 2 N–H and O–H groups in total. The molecule has 8 heteroatoms. The summed E-state index contributed by atoms with van der Waals surface area (Å²) in [5.41, 5.74) is 0.202. The first kappa shape index (κ1) is 18.9. The number of benzene rings is 2. The summed E-state index contributed by atoms with van der Waals surface area (Å²) in [4.78, 5) is 12.3. The Morgan fingerprint density at radius 1 is 1.00 bits per heavy atom. The molecule has 1 aliphatic rings. The summed E-state index contributed by atoms with van der Waals surface area (Å²) < 4.78 is 48.9. The van der Waals surface area contributed by atoms with Crippen LogP contribution >= 0.6 is 0 Å². The Bertz CT molecular complexity index is 807. The van der Waals surface area contributed by atoms with Gasteiger partial charge in [-0.15, -0.1) is 0 Å². The topological polar surface area (TPSA) is 59.6 Å². The molecule has 27 heavy (non-hydrogen) atoms. The second-order valence-corrected chi connectivity index (χ2v) is 6.14. The molecule has 0 radical (unpaired) electrons. The highest BCUT2D eigenvalue weighted by Gasteiger charge is 2.30. The van der Waals surface area contributed by atoms with E-state index in [1.807, 2.05) is 0 Å². The van der Waals surface area contributed by atoms with Crippen molar-refractivity contribution in [3.05, 3.63) is 48.0 Å². The second-order valence-electron chi connectivity index (χ2n) is 6.14. The number of carbonyl (C=O) groups is 1. The van der Waals surface area contributed by atoms with E-state index in [1.165, 1.54) is 12.1 Å². The maximum Gasteiger partial charge on any atom is 0.416 e. The third kappa shape index (κ3) is 4.84. The van der Waals surface area contributed by atoms with E-state index in [0.29, 0.717) is 36.1 Å². The highest BCUT2D eigenvalue weighted by Crippen LogP contribution is 2.32. The van der Waals surface area contributed by atoms with E-state index in [-0.39, 0.29) is 5.91 Å². The zero-order valence-electron chi connectivity index (χ0n) is 14.6. The largest absolute Gasteiger partial charge is 0.490 e. The van der Waals surface area contributed by atoms with Gasteiger partial charge >= 0.3 is 6.18 Å². The quantitative estimate of drug-likeness (QED) is 0.830. The van der Waals surface area contributed by atoms with Gasteiger partial charge in [0.2, 0.25) is 5.91 Å². The highest BCUT2D eigenvalue weighted by atomic mass is 19.4. The van der Waals surface area contributed by atoms with Gasteiger partial charge in [-0.3, -0.25) is 4.79 Å². The minimum atomic E-state index is -4.41. The van der Waals surface area contributed by atoms with Crippen LogP contribution in [-0.2, 0) is 11.0 Å². The molecule has 144 valence electrons. The van der Waals surface area contributed by atoms with Gasteiger partial charge in [0.25, 0.3) is 0 Å². The van der Waals surface area contributed by atoms with Crippen molar-refractivity contribution in [2.45, 2.75) is 25.6 Å². The number of nitrogens with one attached hydrogen (secondary N) is 2. The van der Waals surface area contributed by atoms with Crippen molar-refractivity contribution in [2.75, 3.05) is 23.8 Å². The number of halogens is 3. The molecule has 0 fully saturated rings. The summed E-state index contributed by atoms with van der Waals surface area (Å²) in [7, 11) is 0. The Morgan fingerprint density at radius 2 is 1.63 bits per heavy atom. The van der Waals surface area contributed by atoms with E-state index in [1.54, 1.807) is 25.1 Å². The standard InChI is InChI=1S/C19H19F3N2O3/c1-12(18(25)24-14-5-3-13(4-6-14)19(20,21)22)23-15-7-8-16-17(11-15)27-10-2-9-26-16/h3-8,11-12,23H,2,9-10H2,1H3,(H,24,25). The van der Waals surface area contributed by atoms with Gasteiger partial charge in [0.05, 0.1) is 18.8 Å². The van der Waals surface area contributed by atoms with Gasteiger partial charge in [-0.1, -0.05) is 0 Å². The van der Waals surface area contributed by atoms with Crippen LogP contribution in [-0.4, -0.2) is 25.2 Å². The van der Waals surface area contributed by atoms with Crippen molar-refractivity contribution in [2.24, 2.45) is 0 Å². The third-order valence-electron chi connectivity index (χ3n) is 4.00. The summed E-state index contributed by atoms with van der Waals surface area (Å²) >= 11 is 0. The molecule has 0 spiro atoms. The molecule has 2 aromatic rings. The zero-order valence-corrected chi connectivity index (χ0v) is 14.6. The fraction of sp³-hybridized carbons (Fsp3) is 0.316. The Hall–Kier alpha value is -2.90. The molecule has 1 atom stereocenters. The van der Waals surface area contributed by atoms with Gasteiger partial charge in [0.1, 0.15) is 6.04 Å². The first-order valence-corrected chi connectivity index (χ1v) is 8.47. The number of hydrogen-bond donors (Lipinski definition) is 2. The van der Waals surface area contributed by atoms with Gasteiger partial charge in [0, 0.05) is 23.9 Å². The molecule has 0 bridgehead atoms. The first-order chi connectivity index (χ1) is 12.8. The summed E-state index contributed by atoms with van der Waals surface area (Å²) in [6.45, 7) is 2.80. The number of rotatable bonds is 4. The normalized spacial score (nSPS) is 14.8. The number of hydrogen-bond acceptors (Lipinski definition) is 4. The van der Waals surface area contributed by atoms with Crippen molar-refractivity contribution in [3.63, 3.8) is 0 Å². The maximum atomic E-state index is 12.6. The Labute approximate surface area is 154 Å². The van der Waals surface area contributed by atoms with Gasteiger partial charge in [-0.25, -0.2) is 0 Å². The first-order valence-electron chi connectivity index (χ1n) is 8.47. The fourth-order valence-corrected chi connectivity index (χ4v) is 2.56. The fourth-order valence-electron chi connectivity index (χ4n) is 2.56. The SMILES string of the molecule is CC(Nc1ccc2c(c1)OCCCO2)C(=O)Nc1ccc(C(F)(F)F)cc1. The average molecular weight is 380 g/mol. The van der Waals surface area contributed by atoms with Crippen LogP contribution in [0.4, 0.5) is 24.5 Å². The predicted octanol–water partition coefficient (Wildman–Crippen LogP) is 4.31. The Kier molecular flexibility index (Phi) is 5.43. The molecular weight excluding hydrogens is 361 g/mol. The molecule has 0 saturated heterocycles. The average Bonchev–Trinajstić information content (AvgIpc) is 2.86. The lowest BCUT2D eigenvalue weighted by Gasteiger charge is -2.17. The Balaban J connectivity index is 1.61. The van der Waals surface area contributed by atoms with Crippen LogP contribution in [0.2, 0.25) is 0 Å². The number of anilines is 2. The number of fused-ring (bicyclic) bond motifs is 1. The van der Waals surface area contributed by atoms with Crippen LogP contribution in [0.5, 0.6) is 11.5 Å². The lowest BCUT2D eigenvalue weighted by Crippen LogP contribution is -2.31. The van der Waals surface area contributed by atoms with Crippen molar-refractivity contribution in [1.29, 1.82) is 0 Å². The number of carbonyl (C=O) groups excluding carboxylic acids is 1. The molecule has 1 heterocycles. The van der Waals surface area contributed by atoms with Gasteiger partial charge in [-0.2, -0.15) is 13.2 Å². The van der Waals surface area contributed by atoms with E-state index in [9.17, 15) is 18.0 Å². The molecule has 2 aromatic carbocycles. The van der Waals surface area contributed by atoms with Gasteiger partial charge in [0.15, 0.2) is 11.5 Å². The smallest absolute Gasteiger partial charge is 0.416 e. The molecule has 1 unspecified atom stereocenters. The summed E-state index contributed by atoms with van der Waals surface area (Å²) in [6, 6.07) is 8.98. The van der Waals surface area contributed by atoms with E-state index in [4.69, 9.17) is 9.47 Å². The van der Waals surface area contributed by atoms with Crippen molar-refractivity contribution in [3.8, 4) is 11.5 Å². The number of ether oxygens (including phenoxy) is 2. The molecule has 3 rings (SSSR count). The number of alkyl halides is 3. The van der Waals surface area contributed by atoms with E-state index >= 15 is 0 Å². The second kappa shape index (κ2) is 7.77. The van der Waals surface area contributed by atoms with E-state index < -0.39 is 17.8 Å². The van der Waals surface area contributed by atoms with Crippen molar-refractivity contribution in [1.82, 2.24) is 0 Å². The van der Waals surface area contributed by atoms with Crippen LogP contribution in [0, 0.1) is 0 Å². The predicted molar refractivity (Wildman–Crippen MR) is 95.2 cm³/mol. The maximum absolute atomic E-state index is 12.6. The zero-order chi connectivity index (χ0) is 19.4. The van der Waals surface area contributed by atoms with Crippen LogP contribution in [0.1, 0.15) is 18.9 Å². The Morgan fingerprint density at radius 3 is 2.30 bits per heavy atom. The lowest BCUT2D eigenvalue weighted by atomic mass is 10.2. The highest BCUT2D eigenvalue weighted by molar-refractivity contribution is 5.96. The summed E-state index contributed by atoms with van der Waals surface area (Å²) in [6.07, 6.45) is -3.61. The van der Waals surface area contributed by atoms with Gasteiger partial charge in [-0.05, 0) is 43.3 Å². The van der Waals surface area contributed by atoms with Crippen molar-refractivity contribution < 1.29 is 27.4 Å². The molecule has 0 saturated carbocycles. The summed E-state index contributed by atoms with van der Waals surface area (Å²) in [5, 5.41) is 5.63. The van der Waals surface area contributed by atoms with Crippen molar-refractivity contribution >= 4 is 17.3 Å². The monoisotopic (exact) mass is 380 g/mol. The number of amides is 1. The molecule has 1 aliphatic heterocycles. The molecular formula is C19H19F3N2O3. The minimum absolute atomic E-state index is 0.292. The molecule has 0 aromatic heterocycles. The molecule has 5 nitrogen and oxygen atoms in total. The minimum Gasteiger partial charge on any atom is -0.490 e. The van der Waals surface area contributed by atoms with Gasteiger partial charge < -0.3 is 20.1 Å². The molecule has 1 amide bonds. The van der Waals surface area contributed by atoms with E-state index in [2.05, 4.69) is 10.6 Å². The lowest BCUT2D eigenvalue weighted by molar-refractivity contribution is -0.137.